The molecule has 1 radical (unpaired) electrons. The largest absolute Gasteiger partial charge is 0.542 e. The van der Waals surface area contributed by atoms with Crippen LogP contribution < -0.4 is 0 Å². The maximum atomic E-state index is 10.1. The first kappa shape index (κ1) is 21.1. The maximum absolute atomic E-state index is 10.1. The van der Waals surface area contributed by atoms with Crippen LogP contribution in [0.15, 0.2) is 6.07 Å². The molecule has 1 aromatic rings. The molecule has 0 atom stereocenters. The Morgan fingerprint density at radius 3 is 2.50 bits per heavy atom. The third kappa shape index (κ3) is 7.08. The Kier molecular flexibility index (Phi) is 16.9. The van der Waals surface area contributed by atoms with E-state index in [1.807, 2.05) is 26.2 Å². The van der Waals surface area contributed by atoms with Gasteiger partial charge in [0.15, 0.2) is 0 Å². The molecule has 0 amide bonds. The molecular weight excluding hydrogens is 647 g/mol. The predicted molar refractivity (Wildman–Crippen MR) is 43.0 cm³/mol. The van der Waals surface area contributed by atoms with Crippen molar-refractivity contribution in [3.05, 3.63) is 34.9 Å². The Bertz CT molecular complexity index is 279. The van der Waals surface area contributed by atoms with Crippen molar-refractivity contribution in [3.63, 3.8) is 0 Å². The molecule has 0 heterocycles. The van der Waals surface area contributed by atoms with Crippen molar-refractivity contribution in [2.45, 2.75) is 20.3 Å². The van der Waals surface area contributed by atoms with Gasteiger partial charge in [-0.2, -0.15) is 6.42 Å². The van der Waals surface area contributed by atoms with Crippen LogP contribution in [0.1, 0.15) is 16.7 Å². The van der Waals surface area contributed by atoms with Gasteiger partial charge in [-0.25, -0.2) is 0 Å². The molecule has 0 aliphatic carbocycles. The second-order valence-corrected chi connectivity index (χ2v) is 2.52. The zero-order valence-corrected chi connectivity index (χ0v) is 18.1. The Labute approximate surface area is 149 Å². The third-order valence-electron chi connectivity index (χ3n) is 1.57. The summed E-state index contributed by atoms with van der Waals surface area (Å²) in [5.41, 5.74) is 2.93. The van der Waals surface area contributed by atoms with Gasteiger partial charge in [-0.3, -0.25) is 23.5 Å². The molecular formula is C10H9OUWY-3. The second-order valence-electron chi connectivity index (χ2n) is 2.52. The van der Waals surface area contributed by atoms with Gasteiger partial charge in [0.05, 0.1) is 0 Å². The van der Waals surface area contributed by atoms with E-state index in [1.165, 1.54) is 0 Å². The van der Waals surface area contributed by atoms with Crippen molar-refractivity contribution in [3.8, 4) is 0 Å². The molecule has 0 fully saturated rings. The summed E-state index contributed by atoms with van der Waals surface area (Å²) in [6.07, 6.45) is 2.19. The van der Waals surface area contributed by atoms with Crippen LogP contribution in [0.3, 0.4) is 0 Å². The van der Waals surface area contributed by atoms with Crippen molar-refractivity contribution in [2.75, 3.05) is 0 Å². The summed E-state index contributed by atoms with van der Waals surface area (Å²) in [5.74, 6) is 0. The minimum atomic E-state index is 0. The van der Waals surface area contributed by atoms with Gasteiger partial charge in [0.25, 0.3) is 0 Å². The van der Waals surface area contributed by atoms with Crippen LogP contribution >= 0.6 is 0 Å². The van der Waals surface area contributed by atoms with Crippen LogP contribution in [-0.4, -0.2) is 6.29 Å². The van der Waals surface area contributed by atoms with Gasteiger partial charge in [-0.05, 0) is 0 Å². The molecule has 1 nitrogen and oxygen atoms in total. The minimum Gasteiger partial charge on any atom is -0.542 e. The average Bonchev–Trinajstić information content (AvgIpc) is 1.98. The van der Waals surface area contributed by atoms with Gasteiger partial charge < -0.3 is 22.5 Å². The first-order chi connectivity index (χ1) is 5.24. The average molecular weight is 656 g/mol. The first-order valence-corrected chi connectivity index (χ1v) is 3.49. The summed E-state index contributed by atoms with van der Waals surface area (Å²) in [6, 6.07) is 7.94. The molecule has 0 spiro atoms. The fraction of sp³-hybridized carbons (Fsp3) is 0.300. The molecule has 0 unspecified atom stereocenters. The molecule has 0 N–H and O–H groups in total. The van der Waals surface area contributed by atoms with E-state index in [2.05, 4.69) is 12.1 Å². The van der Waals surface area contributed by atoms with E-state index < -0.39 is 0 Å². The third-order valence-corrected chi connectivity index (χ3v) is 1.57. The number of aryl methyl sites for hydroxylation is 2. The number of hydrogen-bond donors (Lipinski definition) is 0. The molecule has 71 valence electrons. The molecule has 4 heteroatoms. The molecule has 0 saturated heterocycles. The standard InChI is InChI=1S/C10H9O.U.W.Y/c1-8-3-4-9(2)10(7-8)5-6-11;;;/h4H,5H2,1-2H3;;;/q-3;;;. The molecule has 0 aliphatic rings. The van der Waals surface area contributed by atoms with Gasteiger partial charge in [-0.1, -0.05) is 6.92 Å². The van der Waals surface area contributed by atoms with Gasteiger partial charge in [0, 0.05) is 84.9 Å². The molecule has 0 bridgehead atoms. The summed E-state index contributed by atoms with van der Waals surface area (Å²) in [6.45, 7) is 3.85. The van der Waals surface area contributed by atoms with Gasteiger partial charge in [0.2, 0.25) is 0 Å². The molecule has 1 aromatic carbocycles. The van der Waals surface area contributed by atoms with Gasteiger partial charge in [0.1, 0.15) is 0 Å². The van der Waals surface area contributed by atoms with E-state index in [-0.39, 0.29) is 84.9 Å². The molecule has 0 saturated carbocycles. The van der Waals surface area contributed by atoms with E-state index in [1.54, 1.807) is 0 Å². The molecule has 0 aliphatic heterocycles. The van der Waals surface area contributed by atoms with E-state index in [0.717, 1.165) is 16.7 Å². The summed E-state index contributed by atoms with van der Waals surface area (Å²) in [7, 11) is 0. The number of hydrogen-bond acceptors (Lipinski definition) is 1. The van der Waals surface area contributed by atoms with E-state index in [4.69, 9.17) is 0 Å². The molecule has 14 heavy (non-hydrogen) atoms. The van der Waals surface area contributed by atoms with E-state index in [9.17, 15) is 4.79 Å². The normalized spacial score (nSPS) is 7.57. The Morgan fingerprint density at radius 1 is 1.43 bits per heavy atom. The number of carbonyl (C=O) groups excluding carboxylic acids is 1. The SMILES string of the molecule is Cc1[c-]cc(C)c(C[C-]=O)[c-]1.[U].[W].[Y]. The summed E-state index contributed by atoms with van der Waals surface area (Å²) >= 11 is 0. The fourth-order valence-corrected chi connectivity index (χ4v) is 0.920. The zero-order valence-electron chi connectivity index (χ0n) is 8.18. The predicted octanol–water partition coefficient (Wildman–Crippen LogP) is 1.55. The Hall–Kier alpha value is 1.73. The number of benzene rings is 1. The van der Waals surface area contributed by atoms with Crippen molar-refractivity contribution < 1.29 is 89.7 Å². The number of rotatable bonds is 2. The van der Waals surface area contributed by atoms with Crippen LogP contribution in [0.25, 0.3) is 0 Å². The zero-order chi connectivity index (χ0) is 8.27. The summed E-state index contributed by atoms with van der Waals surface area (Å²) in [4.78, 5) is 10.1. The quantitative estimate of drug-likeness (QED) is 0.443. The van der Waals surface area contributed by atoms with Crippen molar-refractivity contribution in [1.29, 1.82) is 0 Å². The molecule has 1 rings (SSSR count). The summed E-state index contributed by atoms with van der Waals surface area (Å²) in [5, 5.41) is 0. The van der Waals surface area contributed by atoms with Crippen molar-refractivity contribution >= 4 is 6.29 Å². The fourth-order valence-electron chi connectivity index (χ4n) is 0.920. The monoisotopic (exact) mass is 656 g/mol. The van der Waals surface area contributed by atoms with E-state index >= 15 is 0 Å². The van der Waals surface area contributed by atoms with Gasteiger partial charge >= 0.3 is 0 Å². The van der Waals surface area contributed by atoms with Crippen molar-refractivity contribution in [1.82, 2.24) is 0 Å². The van der Waals surface area contributed by atoms with Crippen LogP contribution in [0.4, 0.5) is 0 Å². The van der Waals surface area contributed by atoms with Crippen LogP contribution in [0.2, 0.25) is 0 Å². The van der Waals surface area contributed by atoms with Gasteiger partial charge in [-0.15, -0.1) is 6.92 Å². The second kappa shape index (κ2) is 11.2. The van der Waals surface area contributed by atoms with Crippen molar-refractivity contribution in [2.24, 2.45) is 0 Å². The Balaban J connectivity index is -0.000000403. The first-order valence-electron chi connectivity index (χ1n) is 3.49. The topological polar surface area (TPSA) is 17.1 Å². The molecule has 0 aromatic heterocycles. The minimum absolute atomic E-state index is 0. The van der Waals surface area contributed by atoms with Crippen LogP contribution in [-0.2, 0) is 65.0 Å². The van der Waals surface area contributed by atoms with E-state index in [0.29, 0.717) is 6.42 Å². The Morgan fingerprint density at radius 2 is 2.00 bits per heavy atom. The smallest absolute Gasteiger partial charge is 0 e. The maximum Gasteiger partial charge on any atom is 0 e. The van der Waals surface area contributed by atoms with Crippen LogP contribution in [0, 0.1) is 57.1 Å². The summed E-state index contributed by atoms with van der Waals surface area (Å²) < 4.78 is 0. The van der Waals surface area contributed by atoms with Crippen LogP contribution in [0.5, 0.6) is 0 Å².